The molecule has 2 atom stereocenters. The molecule has 26 heavy (non-hydrogen) atoms. The largest absolute Gasteiger partial charge is 0.325 e. The van der Waals surface area contributed by atoms with E-state index in [0.717, 1.165) is 5.56 Å². The molecule has 4 rings (SSSR count). The number of nitrogens with one attached hydrogen (secondary N) is 3. The predicted octanol–water partition coefficient (Wildman–Crippen LogP) is 3.83. The lowest BCUT2D eigenvalue weighted by Crippen LogP contribution is -2.39. The molecule has 3 N–H and O–H groups in total. The van der Waals surface area contributed by atoms with E-state index in [1.807, 2.05) is 18.2 Å². The molecule has 1 fully saturated rings. The second-order valence-electron chi connectivity index (χ2n) is 6.65. The molecule has 1 saturated heterocycles. The number of halogens is 1. The van der Waals surface area contributed by atoms with Gasteiger partial charge in [-0.2, -0.15) is 0 Å². The van der Waals surface area contributed by atoms with Crippen molar-refractivity contribution in [1.29, 1.82) is 0 Å². The lowest BCUT2D eigenvalue weighted by atomic mass is 9.96. The molecule has 0 radical (unpaired) electrons. The van der Waals surface area contributed by atoms with E-state index in [2.05, 4.69) is 40.4 Å². The Morgan fingerprint density at radius 2 is 1.88 bits per heavy atom. The lowest BCUT2D eigenvalue weighted by molar-refractivity contribution is -0.117. The van der Waals surface area contributed by atoms with Crippen molar-refractivity contribution in [2.24, 2.45) is 0 Å². The summed E-state index contributed by atoms with van der Waals surface area (Å²) >= 11 is 0. The molecule has 3 aromatic carbocycles. The standard InChI is InChI=1S/C21H20FN3O/c1-13-9-10-15(11-18(13)22)23-21(26)20-12-19(24-25-20)17-8-4-6-14-5-2-3-7-16(14)17/h2-11,19-20,24-25H,12H2,1H3,(H,23,26). The van der Waals surface area contributed by atoms with Gasteiger partial charge in [0.05, 0.1) is 0 Å². The maximum atomic E-state index is 13.7. The van der Waals surface area contributed by atoms with Crippen molar-refractivity contribution in [3.8, 4) is 0 Å². The fourth-order valence-corrected chi connectivity index (χ4v) is 3.39. The van der Waals surface area contributed by atoms with Crippen LogP contribution in [0.25, 0.3) is 10.8 Å². The van der Waals surface area contributed by atoms with Crippen LogP contribution >= 0.6 is 0 Å². The predicted molar refractivity (Wildman–Crippen MR) is 101 cm³/mol. The average molecular weight is 349 g/mol. The number of amides is 1. The highest BCUT2D eigenvalue weighted by atomic mass is 19.1. The quantitative estimate of drug-likeness (QED) is 0.673. The molecule has 1 amide bonds. The van der Waals surface area contributed by atoms with Crippen molar-refractivity contribution in [2.45, 2.75) is 25.4 Å². The number of hydrogen-bond acceptors (Lipinski definition) is 3. The van der Waals surface area contributed by atoms with E-state index in [9.17, 15) is 9.18 Å². The molecule has 0 spiro atoms. The molecule has 2 unspecified atom stereocenters. The van der Waals surface area contributed by atoms with Crippen molar-refractivity contribution in [3.63, 3.8) is 0 Å². The summed E-state index contributed by atoms with van der Waals surface area (Å²) in [5.74, 6) is -0.502. The maximum absolute atomic E-state index is 13.7. The van der Waals surface area contributed by atoms with Gasteiger partial charge in [-0.15, -0.1) is 0 Å². The van der Waals surface area contributed by atoms with E-state index in [1.165, 1.54) is 16.8 Å². The third-order valence-electron chi connectivity index (χ3n) is 4.86. The number of carbonyl (C=O) groups is 1. The Morgan fingerprint density at radius 1 is 1.08 bits per heavy atom. The van der Waals surface area contributed by atoms with Gasteiger partial charge in [0.25, 0.3) is 0 Å². The second kappa shape index (κ2) is 6.86. The zero-order valence-corrected chi connectivity index (χ0v) is 14.4. The highest BCUT2D eigenvalue weighted by Crippen LogP contribution is 2.29. The van der Waals surface area contributed by atoms with Gasteiger partial charge >= 0.3 is 0 Å². The van der Waals surface area contributed by atoms with Crippen LogP contribution in [0.1, 0.15) is 23.6 Å². The van der Waals surface area contributed by atoms with Gasteiger partial charge in [-0.05, 0) is 47.4 Å². The number of hydrazine groups is 1. The highest BCUT2D eigenvalue weighted by Gasteiger charge is 2.30. The van der Waals surface area contributed by atoms with Gasteiger partial charge in [0, 0.05) is 11.7 Å². The van der Waals surface area contributed by atoms with Gasteiger partial charge in [-0.1, -0.05) is 48.5 Å². The van der Waals surface area contributed by atoms with E-state index in [-0.39, 0.29) is 23.8 Å². The molecule has 0 bridgehead atoms. The molecule has 3 aromatic rings. The third kappa shape index (κ3) is 3.19. The Kier molecular flexibility index (Phi) is 4.41. The fraction of sp³-hybridized carbons (Fsp3) is 0.190. The van der Waals surface area contributed by atoms with Crippen molar-refractivity contribution < 1.29 is 9.18 Å². The number of carbonyl (C=O) groups excluding carboxylic acids is 1. The molecular formula is C21H20FN3O. The number of fused-ring (bicyclic) bond motifs is 1. The highest BCUT2D eigenvalue weighted by molar-refractivity contribution is 5.95. The Bertz CT molecular complexity index is 967. The minimum atomic E-state index is -0.386. The van der Waals surface area contributed by atoms with E-state index in [4.69, 9.17) is 0 Å². The Labute approximate surface area is 151 Å². The molecule has 0 aliphatic carbocycles. The minimum Gasteiger partial charge on any atom is -0.325 e. The Hall–Kier alpha value is -2.76. The molecule has 132 valence electrons. The van der Waals surface area contributed by atoms with Gasteiger partial charge in [-0.25, -0.2) is 15.2 Å². The number of benzene rings is 3. The zero-order chi connectivity index (χ0) is 18.1. The molecule has 4 nitrogen and oxygen atoms in total. The Morgan fingerprint density at radius 3 is 2.73 bits per heavy atom. The van der Waals surface area contributed by atoms with Crippen molar-refractivity contribution >= 4 is 22.4 Å². The second-order valence-corrected chi connectivity index (χ2v) is 6.65. The summed E-state index contributed by atoms with van der Waals surface area (Å²) in [7, 11) is 0. The number of anilines is 1. The summed E-state index contributed by atoms with van der Waals surface area (Å²) in [5, 5.41) is 5.13. The molecule has 1 heterocycles. The number of hydrogen-bond donors (Lipinski definition) is 3. The SMILES string of the molecule is Cc1ccc(NC(=O)C2CC(c3cccc4ccccc34)NN2)cc1F. The van der Waals surface area contributed by atoms with E-state index >= 15 is 0 Å². The summed E-state index contributed by atoms with van der Waals surface area (Å²) in [6, 6.07) is 18.8. The van der Waals surface area contributed by atoms with E-state index in [0.29, 0.717) is 17.7 Å². The van der Waals surface area contributed by atoms with Gasteiger partial charge in [0.2, 0.25) is 5.91 Å². The maximum Gasteiger partial charge on any atom is 0.242 e. The van der Waals surface area contributed by atoms with Crippen LogP contribution < -0.4 is 16.2 Å². The topological polar surface area (TPSA) is 53.2 Å². The summed E-state index contributed by atoms with van der Waals surface area (Å²) in [5.41, 5.74) is 8.46. The first-order chi connectivity index (χ1) is 12.6. The zero-order valence-electron chi connectivity index (χ0n) is 14.4. The molecular weight excluding hydrogens is 329 g/mol. The molecule has 5 heteroatoms. The Balaban J connectivity index is 1.49. The smallest absolute Gasteiger partial charge is 0.242 e. The first kappa shape index (κ1) is 16.7. The van der Waals surface area contributed by atoms with Crippen LogP contribution in [0.5, 0.6) is 0 Å². The average Bonchev–Trinajstić information content (AvgIpc) is 3.14. The summed E-state index contributed by atoms with van der Waals surface area (Å²) in [4.78, 5) is 12.5. The van der Waals surface area contributed by atoms with Crippen molar-refractivity contribution in [2.75, 3.05) is 5.32 Å². The van der Waals surface area contributed by atoms with Crippen LogP contribution in [-0.2, 0) is 4.79 Å². The lowest BCUT2D eigenvalue weighted by Gasteiger charge is -2.13. The van der Waals surface area contributed by atoms with Gasteiger partial charge in [0.15, 0.2) is 0 Å². The van der Waals surface area contributed by atoms with E-state index < -0.39 is 0 Å². The van der Waals surface area contributed by atoms with Crippen molar-refractivity contribution in [1.82, 2.24) is 10.9 Å². The third-order valence-corrected chi connectivity index (χ3v) is 4.86. The minimum absolute atomic E-state index is 0.0339. The first-order valence-corrected chi connectivity index (χ1v) is 8.67. The monoisotopic (exact) mass is 349 g/mol. The van der Waals surface area contributed by atoms with Crippen LogP contribution in [-0.4, -0.2) is 11.9 Å². The van der Waals surface area contributed by atoms with E-state index in [1.54, 1.807) is 19.1 Å². The van der Waals surface area contributed by atoms with Crippen LogP contribution in [0, 0.1) is 12.7 Å². The van der Waals surface area contributed by atoms with Gasteiger partial charge in [-0.3, -0.25) is 4.79 Å². The summed E-state index contributed by atoms with van der Waals surface area (Å²) in [6.07, 6.45) is 0.619. The van der Waals surface area contributed by atoms with Crippen LogP contribution in [0.15, 0.2) is 60.7 Å². The van der Waals surface area contributed by atoms with Crippen LogP contribution in [0.3, 0.4) is 0 Å². The molecule has 1 aliphatic rings. The van der Waals surface area contributed by atoms with Crippen LogP contribution in [0.4, 0.5) is 10.1 Å². The number of rotatable bonds is 3. The molecule has 0 saturated carbocycles. The summed E-state index contributed by atoms with van der Waals surface area (Å²) in [6.45, 7) is 1.69. The normalized spacial score (nSPS) is 19.6. The molecule has 0 aromatic heterocycles. The number of aryl methyl sites for hydroxylation is 1. The van der Waals surface area contributed by atoms with Crippen LogP contribution in [0.2, 0.25) is 0 Å². The summed E-state index contributed by atoms with van der Waals surface area (Å²) < 4.78 is 13.7. The molecule has 1 aliphatic heterocycles. The van der Waals surface area contributed by atoms with Crippen molar-refractivity contribution in [3.05, 3.63) is 77.6 Å². The van der Waals surface area contributed by atoms with Gasteiger partial charge < -0.3 is 5.32 Å². The first-order valence-electron chi connectivity index (χ1n) is 8.67. The van der Waals surface area contributed by atoms with Gasteiger partial charge in [0.1, 0.15) is 11.9 Å². The fourth-order valence-electron chi connectivity index (χ4n) is 3.39.